The Hall–Kier alpha value is -0.850. The van der Waals surface area contributed by atoms with Crippen LogP contribution in [0.1, 0.15) is 91.4 Å². The standard InChI is InChI=1S/C20H34O/c1-4-6-8-10-12-18-13-14-19(17-21)20(3,16-18)15-11-9-7-5-2/h13-14,17H,4-12,15-16H2,1-3H3/t20-/m0/s1. The van der Waals surface area contributed by atoms with Crippen molar-refractivity contribution in [3.05, 3.63) is 23.3 Å². The molecular formula is C20H34O. The molecule has 0 N–H and O–H groups in total. The molecule has 0 aromatic heterocycles. The van der Waals surface area contributed by atoms with Gasteiger partial charge in [-0.25, -0.2) is 0 Å². The fourth-order valence-electron chi connectivity index (χ4n) is 3.38. The van der Waals surface area contributed by atoms with E-state index >= 15 is 0 Å². The van der Waals surface area contributed by atoms with Gasteiger partial charge in [0.15, 0.2) is 0 Å². The van der Waals surface area contributed by atoms with Crippen LogP contribution in [0.4, 0.5) is 0 Å². The average Bonchev–Trinajstić information content (AvgIpc) is 2.48. The van der Waals surface area contributed by atoms with Crippen molar-refractivity contribution in [2.75, 3.05) is 0 Å². The molecule has 0 fully saturated rings. The van der Waals surface area contributed by atoms with Crippen LogP contribution in [-0.4, -0.2) is 6.29 Å². The minimum Gasteiger partial charge on any atom is -0.298 e. The van der Waals surface area contributed by atoms with Gasteiger partial charge in [0.05, 0.1) is 0 Å². The van der Waals surface area contributed by atoms with Gasteiger partial charge < -0.3 is 0 Å². The Labute approximate surface area is 131 Å². The van der Waals surface area contributed by atoms with E-state index in [1.807, 2.05) is 0 Å². The molecule has 1 aliphatic rings. The maximum absolute atomic E-state index is 11.4. The Balaban J connectivity index is 2.53. The lowest BCUT2D eigenvalue weighted by atomic mass is 9.70. The van der Waals surface area contributed by atoms with Gasteiger partial charge in [-0.1, -0.05) is 83.4 Å². The van der Waals surface area contributed by atoms with Gasteiger partial charge in [-0.15, -0.1) is 0 Å². The van der Waals surface area contributed by atoms with Crippen molar-refractivity contribution in [2.45, 2.75) is 91.4 Å². The van der Waals surface area contributed by atoms with Crippen molar-refractivity contribution in [2.24, 2.45) is 5.41 Å². The first-order chi connectivity index (χ1) is 10.2. The lowest BCUT2D eigenvalue weighted by molar-refractivity contribution is -0.105. The summed E-state index contributed by atoms with van der Waals surface area (Å²) in [5.74, 6) is 0. The summed E-state index contributed by atoms with van der Waals surface area (Å²) in [5, 5.41) is 0. The maximum Gasteiger partial charge on any atom is 0.146 e. The molecule has 0 saturated heterocycles. The predicted molar refractivity (Wildman–Crippen MR) is 92.5 cm³/mol. The molecule has 0 heterocycles. The monoisotopic (exact) mass is 290 g/mol. The second kappa shape index (κ2) is 9.97. The third-order valence-corrected chi connectivity index (χ3v) is 4.87. The van der Waals surface area contributed by atoms with E-state index in [1.165, 1.54) is 57.8 Å². The van der Waals surface area contributed by atoms with E-state index in [-0.39, 0.29) is 5.41 Å². The fourth-order valence-corrected chi connectivity index (χ4v) is 3.38. The summed E-state index contributed by atoms with van der Waals surface area (Å²) in [5.41, 5.74) is 2.65. The van der Waals surface area contributed by atoms with Crippen LogP contribution in [0, 0.1) is 5.41 Å². The molecule has 0 unspecified atom stereocenters. The van der Waals surface area contributed by atoms with Gasteiger partial charge in [0.25, 0.3) is 0 Å². The Morgan fingerprint density at radius 2 is 1.67 bits per heavy atom. The van der Waals surface area contributed by atoms with Gasteiger partial charge in [-0.2, -0.15) is 0 Å². The quantitative estimate of drug-likeness (QED) is 0.318. The largest absolute Gasteiger partial charge is 0.298 e. The summed E-state index contributed by atoms with van der Waals surface area (Å²) in [6.07, 6.45) is 19.3. The highest BCUT2D eigenvalue weighted by molar-refractivity contribution is 5.76. The minimum absolute atomic E-state index is 0.0876. The average molecular weight is 290 g/mol. The molecule has 1 aliphatic carbocycles. The van der Waals surface area contributed by atoms with Crippen LogP contribution in [0.15, 0.2) is 23.3 Å². The smallest absolute Gasteiger partial charge is 0.146 e. The number of hydrogen-bond acceptors (Lipinski definition) is 1. The first kappa shape index (κ1) is 18.2. The molecule has 1 atom stereocenters. The van der Waals surface area contributed by atoms with Gasteiger partial charge in [0, 0.05) is 0 Å². The predicted octanol–water partition coefficient (Wildman–Crippen LogP) is 6.39. The van der Waals surface area contributed by atoms with Crippen LogP contribution in [0.25, 0.3) is 0 Å². The second-order valence-corrected chi connectivity index (χ2v) is 6.92. The molecule has 1 nitrogen and oxygen atoms in total. The highest BCUT2D eigenvalue weighted by Gasteiger charge is 2.31. The first-order valence-electron chi connectivity index (χ1n) is 9.01. The summed E-state index contributed by atoms with van der Waals surface area (Å²) in [6.45, 7) is 6.79. The summed E-state index contributed by atoms with van der Waals surface area (Å²) in [7, 11) is 0. The van der Waals surface area contributed by atoms with Crippen LogP contribution >= 0.6 is 0 Å². The van der Waals surface area contributed by atoms with E-state index in [1.54, 1.807) is 5.57 Å². The Morgan fingerprint density at radius 1 is 1.00 bits per heavy atom. The number of allylic oxidation sites excluding steroid dienone is 4. The van der Waals surface area contributed by atoms with Crippen LogP contribution in [0.3, 0.4) is 0 Å². The molecule has 0 amide bonds. The third kappa shape index (κ3) is 6.20. The van der Waals surface area contributed by atoms with Gasteiger partial charge in [-0.05, 0) is 36.7 Å². The summed E-state index contributed by atoms with van der Waals surface area (Å²) in [4.78, 5) is 11.4. The van der Waals surface area contributed by atoms with Gasteiger partial charge in [0.2, 0.25) is 0 Å². The number of rotatable bonds is 11. The molecule has 0 aromatic carbocycles. The molecule has 0 aromatic rings. The summed E-state index contributed by atoms with van der Waals surface area (Å²) < 4.78 is 0. The van der Waals surface area contributed by atoms with E-state index in [2.05, 4.69) is 32.9 Å². The van der Waals surface area contributed by atoms with Gasteiger partial charge >= 0.3 is 0 Å². The highest BCUT2D eigenvalue weighted by atomic mass is 16.1. The molecule has 1 heteroatoms. The molecule has 0 saturated carbocycles. The molecule has 0 radical (unpaired) electrons. The minimum atomic E-state index is 0.0876. The number of hydrogen-bond donors (Lipinski definition) is 0. The van der Waals surface area contributed by atoms with Crippen LogP contribution in [0.2, 0.25) is 0 Å². The Morgan fingerprint density at radius 3 is 2.29 bits per heavy atom. The lowest BCUT2D eigenvalue weighted by Gasteiger charge is -2.34. The third-order valence-electron chi connectivity index (χ3n) is 4.87. The number of unbranched alkanes of at least 4 members (excludes halogenated alkanes) is 6. The van der Waals surface area contributed by atoms with Crippen LogP contribution in [0.5, 0.6) is 0 Å². The highest BCUT2D eigenvalue weighted by Crippen LogP contribution is 2.42. The van der Waals surface area contributed by atoms with E-state index in [4.69, 9.17) is 0 Å². The SMILES string of the molecule is CCCCCCC1=CC=C(C=O)[C@@](C)(CCCCCC)C1. The molecule has 0 spiro atoms. The van der Waals surface area contributed by atoms with E-state index in [0.717, 1.165) is 24.7 Å². The van der Waals surface area contributed by atoms with Crippen molar-refractivity contribution in [3.8, 4) is 0 Å². The van der Waals surface area contributed by atoms with Crippen molar-refractivity contribution < 1.29 is 4.79 Å². The maximum atomic E-state index is 11.4. The Kier molecular flexibility index (Phi) is 8.64. The Bertz CT molecular complexity index is 364. The van der Waals surface area contributed by atoms with Crippen molar-refractivity contribution >= 4 is 6.29 Å². The van der Waals surface area contributed by atoms with Crippen molar-refractivity contribution in [1.29, 1.82) is 0 Å². The van der Waals surface area contributed by atoms with Crippen LogP contribution in [-0.2, 0) is 4.79 Å². The fraction of sp³-hybridized carbons (Fsp3) is 0.750. The molecule has 0 bridgehead atoms. The summed E-state index contributed by atoms with van der Waals surface area (Å²) >= 11 is 0. The molecule has 1 rings (SSSR count). The lowest BCUT2D eigenvalue weighted by Crippen LogP contribution is -2.23. The number of carbonyl (C=O) groups excluding carboxylic acids is 1. The number of carbonyl (C=O) groups is 1. The zero-order chi connectivity index (χ0) is 15.6. The normalized spacial score (nSPS) is 21.9. The number of aldehydes is 1. The van der Waals surface area contributed by atoms with E-state index in [0.29, 0.717) is 0 Å². The van der Waals surface area contributed by atoms with Crippen molar-refractivity contribution in [3.63, 3.8) is 0 Å². The molecular weight excluding hydrogens is 256 g/mol. The van der Waals surface area contributed by atoms with Gasteiger partial charge in [0.1, 0.15) is 6.29 Å². The van der Waals surface area contributed by atoms with Crippen LogP contribution < -0.4 is 0 Å². The molecule has 120 valence electrons. The van der Waals surface area contributed by atoms with Crippen molar-refractivity contribution in [1.82, 2.24) is 0 Å². The van der Waals surface area contributed by atoms with Gasteiger partial charge in [-0.3, -0.25) is 4.79 Å². The zero-order valence-corrected chi connectivity index (χ0v) is 14.4. The zero-order valence-electron chi connectivity index (χ0n) is 14.4. The van der Waals surface area contributed by atoms with E-state index < -0.39 is 0 Å². The second-order valence-electron chi connectivity index (χ2n) is 6.92. The summed E-state index contributed by atoms with van der Waals surface area (Å²) in [6, 6.07) is 0. The first-order valence-corrected chi connectivity index (χ1v) is 9.01. The van der Waals surface area contributed by atoms with E-state index in [9.17, 15) is 4.79 Å². The molecule has 21 heavy (non-hydrogen) atoms. The topological polar surface area (TPSA) is 17.1 Å². The molecule has 0 aliphatic heterocycles.